The van der Waals surface area contributed by atoms with E-state index in [0.29, 0.717) is 5.57 Å². The van der Waals surface area contributed by atoms with E-state index < -0.39 is 0 Å². The second kappa shape index (κ2) is 4.71. The fourth-order valence-corrected chi connectivity index (χ4v) is 0.118. The van der Waals surface area contributed by atoms with Crippen LogP contribution in [-0.2, 0) is 0 Å². The first-order valence-electron chi connectivity index (χ1n) is 1.88. The normalized spacial score (nSPS) is 6.50. The Balaban J connectivity index is 0. The van der Waals surface area contributed by atoms with E-state index in [1.54, 1.807) is 0 Å². The Hall–Kier alpha value is -0.448. The third-order valence-corrected chi connectivity index (χ3v) is 0.617. The van der Waals surface area contributed by atoms with Crippen molar-refractivity contribution >= 4 is 17.4 Å². The Kier molecular flexibility index (Phi) is 6.19. The second-order valence-electron chi connectivity index (χ2n) is 1.18. The number of aliphatic hydroxyl groups is 1. The molecule has 44 valence electrons. The monoisotopic (exact) mass is 126 g/mol. The predicted octanol–water partition coefficient (Wildman–Crippen LogP) is 0.616. The highest BCUT2D eigenvalue weighted by atomic mass is 27.0. The summed E-state index contributed by atoms with van der Waals surface area (Å²) in [5.41, 5.74) is 0.472. The van der Waals surface area contributed by atoms with Gasteiger partial charge >= 0.3 is 0 Å². The van der Waals surface area contributed by atoms with Gasteiger partial charge in [0, 0.05) is 5.57 Å². The summed E-state index contributed by atoms with van der Waals surface area (Å²) in [6.45, 7) is 9.98. The third kappa shape index (κ3) is 3.73. The highest BCUT2D eigenvalue weighted by molar-refractivity contribution is 5.75. The number of rotatable bonds is 2. The number of aliphatic hydroxyl groups excluding tert-OH is 1. The molecule has 0 aliphatic carbocycles. The van der Waals surface area contributed by atoms with Crippen LogP contribution in [0.5, 0.6) is 0 Å². The predicted molar refractivity (Wildman–Crippen MR) is 41.0 cm³/mol. The Morgan fingerprint density at radius 3 is 1.75 bits per heavy atom. The first kappa shape index (κ1) is 10.5. The first-order chi connectivity index (χ1) is 3.18. The molecule has 0 fully saturated rings. The van der Waals surface area contributed by atoms with Crippen molar-refractivity contribution < 1.29 is 5.11 Å². The average Bonchev–Trinajstić information content (AvgIpc) is 1.65. The highest BCUT2D eigenvalue weighted by Crippen LogP contribution is 1.98. The topological polar surface area (TPSA) is 20.2 Å². The summed E-state index contributed by atoms with van der Waals surface area (Å²) in [6, 6.07) is 0. The lowest BCUT2D eigenvalue weighted by Gasteiger charge is -1.89. The van der Waals surface area contributed by atoms with E-state index in [4.69, 9.17) is 5.11 Å². The van der Waals surface area contributed by atoms with Gasteiger partial charge in [-0.3, -0.25) is 0 Å². The summed E-state index contributed by atoms with van der Waals surface area (Å²) in [5.74, 6) is -0.0185. The molecular formula is C6H11AlO. The molecule has 2 heteroatoms. The molecule has 0 heterocycles. The van der Waals surface area contributed by atoms with Gasteiger partial charge in [-0.05, 0) is 0 Å². The van der Waals surface area contributed by atoms with E-state index in [0.717, 1.165) is 0 Å². The summed E-state index contributed by atoms with van der Waals surface area (Å²) in [5, 5.41) is 8.46. The van der Waals surface area contributed by atoms with Gasteiger partial charge in [0.25, 0.3) is 0 Å². The fraction of sp³-hybridized carbons (Fsp3) is 0. The molecule has 1 N–H and O–H groups in total. The van der Waals surface area contributed by atoms with E-state index in [1.165, 1.54) is 6.08 Å². The molecule has 0 spiro atoms. The van der Waals surface area contributed by atoms with E-state index in [9.17, 15) is 0 Å². The maximum atomic E-state index is 8.46. The van der Waals surface area contributed by atoms with Crippen LogP contribution in [0, 0.1) is 0 Å². The van der Waals surface area contributed by atoms with Gasteiger partial charge in [-0.25, -0.2) is 0 Å². The van der Waals surface area contributed by atoms with Gasteiger partial charge in [0.05, 0.1) is 0 Å². The van der Waals surface area contributed by atoms with Crippen LogP contribution in [0.25, 0.3) is 0 Å². The maximum absolute atomic E-state index is 8.46. The van der Waals surface area contributed by atoms with Crippen LogP contribution in [0.15, 0.2) is 37.1 Å². The van der Waals surface area contributed by atoms with Crippen LogP contribution in [0.2, 0.25) is 0 Å². The van der Waals surface area contributed by atoms with Gasteiger partial charge in [0.15, 0.2) is 17.4 Å². The zero-order valence-corrected chi connectivity index (χ0v) is 4.15. The van der Waals surface area contributed by atoms with Gasteiger partial charge < -0.3 is 5.11 Å². The van der Waals surface area contributed by atoms with Crippen molar-refractivity contribution in [3.05, 3.63) is 37.1 Å². The van der Waals surface area contributed by atoms with E-state index >= 15 is 0 Å². The van der Waals surface area contributed by atoms with Crippen molar-refractivity contribution in [1.82, 2.24) is 0 Å². The summed E-state index contributed by atoms with van der Waals surface area (Å²) in [6.07, 6.45) is 1.45. The molecule has 1 nitrogen and oxygen atoms in total. The van der Waals surface area contributed by atoms with Crippen LogP contribution in [-0.4, -0.2) is 22.5 Å². The minimum absolute atomic E-state index is 0. The van der Waals surface area contributed by atoms with Crippen molar-refractivity contribution in [1.29, 1.82) is 0 Å². The molecule has 0 amide bonds. The van der Waals surface area contributed by atoms with Gasteiger partial charge in [-0.15, -0.1) is 0 Å². The maximum Gasteiger partial charge on any atom is 0.187 e. The first-order valence-corrected chi connectivity index (χ1v) is 1.88. The number of hydrogen-bond acceptors (Lipinski definition) is 1. The zero-order valence-electron chi connectivity index (χ0n) is 4.15. The second-order valence-corrected chi connectivity index (χ2v) is 1.18. The minimum atomic E-state index is -0.0185. The molecule has 0 aromatic heterocycles. The van der Waals surface area contributed by atoms with Crippen LogP contribution in [0.3, 0.4) is 0 Å². The van der Waals surface area contributed by atoms with Crippen LogP contribution in [0.4, 0.5) is 0 Å². The molecule has 8 heavy (non-hydrogen) atoms. The molecular weight excluding hydrogens is 115 g/mol. The molecule has 0 radical (unpaired) electrons. The lowest BCUT2D eigenvalue weighted by atomic mass is 10.3. The van der Waals surface area contributed by atoms with E-state index in [2.05, 4.69) is 19.7 Å². The van der Waals surface area contributed by atoms with Gasteiger partial charge in [0.2, 0.25) is 0 Å². The van der Waals surface area contributed by atoms with Crippen molar-refractivity contribution in [2.45, 2.75) is 0 Å². The van der Waals surface area contributed by atoms with E-state index in [-0.39, 0.29) is 23.1 Å². The molecule has 0 atom stereocenters. The SMILES string of the molecule is C=CC(=C)C(=C)O.[AlH3]. The van der Waals surface area contributed by atoms with Crippen LogP contribution < -0.4 is 0 Å². The third-order valence-electron chi connectivity index (χ3n) is 0.617. The Morgan fingerprint density at radius 2 is 1.75 bits per heavy atom. The molecule has 0 unspecified atom stereocenters. The van der Waals surface area contributed by atoms with Crippen molar-refractivity contribution in [3.63, 3.8) is 0 Å². The molecule has 0 aliphatic heterocycles. The Bertz CT molecular complexity index is 116. The molecule has 0 aromatic rings. The molecule has 0 rings (SSSR count). The minimum Gasteiger partial charge on any atom is -0.508 e. The summed E-state index contributed by atoms with van der Waals surface area (Å²) >= 11 is 0. The zero-order chi connectivity index (χ0) is 5.86. The van der Waals surface area contributed by atoms with Crippen molar-refractivity contribution in [3.8, 4) is 0 Å². The molecule has 0 aromatic carbocycles. The molecule has 0 saturated carbocycles. The van der Waals surface area contributed by atoms with E-state index in [1.807, 2.05) is 0 Å². The average molecular weight is 126 g/mol. The van der Waals surface area contributed by atoms with Crippen LogP contribution in [0.1, 0.15) is 0 Å². The summed E-state index contributed by atoms with van der Waals surface area (Å²) in [7, 11) is 0. The highest BCUT2D eigenvalue weighted by Gasteiger charge is 1.84. The Labute approximate surface area is 60.2 Å². The summed E-state index contributed by atoms with van der Waals surface area (Å²) in [4.78, 5) is 0. The van der Waals surface area contributed by atoms with Crippen molar-refractivity contribution in [2.24, 2.45) is 0 Å². The summed E-state index contributed by atoms with van der Waals surface area (Å²) < 4.78 is 0. The Morgan fingerprint density at radius 1 is 1.38 bits per heavy atom. The van der Waals surface area contributed by atoms with Crippen LogP contribution >= 0.6 is 0 Å². The fourth-order valence-electron chi connectivity index (χ4n) is 0.118. The molecule has 0 bridgehead atoms. The van der Waals surface area contributed by atoms with Gasteiger partial charge in [-0.1, -0.05) is 25.8 Å². The number of hydrogen-bond donors (Lipinski definition) is 1. The standard InChI is InChI=1S/C6H8O.Al.3H/c1-4-5(2)6(3)7;;;;/h4,7H,1-3H2;;;;. The molecule has 0 saturated heterocycles. The number of allylic oxidation sites excluding steroid dienone is 1. The van der Waals surface area contributed by atoms with Gasteiger partial charge in [-0.2, -0.15) is 0 Å². The van der Waals surface area contributed by atoms with Crippen molar-refractivity contribution in [2.75, 3.05) is 0 Å². The lowest BCUT2D eigenvalue weighted by molar-refractivity contribution is 0.430. The quantitative estimate of drug-likeness (QED) is 0.326. The largest absolute Gasteiger partial charge is 0.508 e. The molecule has 0 aliphatic rings. The lowest BCUT2D eigenvalue weighted by Crippen LogP contribution is -1.75. The van der Waals surface area contributed by atoms with Gasteiger partial charge in [0.1, 0.15) is 5.76 Å². The smallest absolute Gasteiger partial charge is 0.187 e.